The van der Waals surface area contributed by atoms with E-state index < -0.39 is 34.9 Å². The summed E-state index contributed by atoms with van der Waals surface area (Å²) in [6, 6.07) is 23.4. The monoisotopic (exact) mass is 1160 g/mol. The lowest BCUT2D eigenvalue weighted by molar-refractivity contribution is -0.118. The number of methoxy groups -OCH3 is 1. The Morgan fingerprint density at radius 1 is 0.964 bits per heavy atom. The number of hydrogen-bond acceptors (Lipinski definition) is 13. The molecule has 7 atom stereocenters. The molecule has 4 saturated heterocycles. The lowest BCUT2D eigenvalue weighted by Crippen LogP contribution is -2.51. The molecule has 0 saturated carbocycles. The van der Waals surface area contributed by atoms with Crippen LogP contribution >= 0.6 is 23.2 Å². The van der Waals surface area contributed by atoms with Crippen LogP contribution in [0.3, 0.4) is 0 Å². The van der Waals surface area contributed by atoms with Gasteiger partial charge in [-0.05, 0) is 122 Å². The zero-order chi connectivity index (χ0) is 57.9. The molecule has 7 aromatic rings. The maximum Gasteiger partial charge on any atom is 0.319 e. The first-order chi connectivity index (χ1) is 40.0. The first kappa shape index (κ1) is 56.2. The largest absolute Gasteiger partial charge is 0.508 e. The molecule has 19 heteroatoms. The van der Waals surface area contributed by atoms with Crippen LogP contribution in [0.15, 0.2) is 91.1 Å². The van der Waals surface area contributed by atoms with Crippen molar-refractivity contribution < 1.29 is 33.0 Å². The summed E-state index contributed by atoms with van der Waals surface area (Å²) in [6.07, 6.45) is 12.7. The second-order valence-corrected chi connectivity index (χ2v) is 24.8. The van der Waals surface area contributed by atoms with Gasteiger partial charge < -0.3 is 46.1 Å². The summed E-state index contributed by atoms with van der Waals surface area (Å²) in [6.45, 7) is 10.4. The van der Waals surface area contributed by atoms with Crippen LogP contribution in [0.25, 0.3) is 32.9 Å². The Labute approximate surface area is 491 Å². The Kier molecular flexibility index (Phi) is 15.3. The molecule has 7 heterocycles. The van der Waals surface area contributed by atoms with E-state index in [2.05, 4.69) is 68.1 Å². The quantitative estimate of drug-likeness (QED) is 0.0423. The van der Waals surface area contributed by atoms with Crippen molar-refractivity contribution in [3.63, 3.8) is 0 Å². The summed E-state index contributed by atoms with van der Waals surface area (Å²) in [4.78, 5) is 47.4. The molecule has 4 fully saturated rings. The minimum absolute atomic E-state index is 0.00560. The summed E-state index contributed by atoms with van der Waals surface area (Å²) in [7, 11) is 1.48. The molecule has 15 nitrogen and oxygen atoms in total. The third-order valence-corrected chi connectivity index (χ3v) is 18.0. The Morgan fingerprint density at radius 3 is 2.55 bits per heavy atom. The smallest absolute Gasteiger partial charge is 0.319 e. The summed E-state index contributed by atoms with van der Waals surface area (Å²) in [5.41, 5.74) is 2.83. The first-order valence-electron chi connectivity index (χ1n) is 28.5. The van der Waals surface area contributed by atoms with Crippen LogP contribution in [0.5, 0.6) is 17.5 Å². The van der Waals surface area contributed by atoms with E-state index in [1.807, 2.05) is 24.3 Å². The number of ether oxygens (including phenoxy) is 2. The number of anilines is 3. The number of carbonyl (C=O) groups is 2. The molecule has 0 radical (unpaired) electrons. The molecule has 2 amide bonds. The number of benzene rings is 5. The number of pyridine rings is 1. The second-order valence-electron chi connectivity index (χ2n) is 23.9. The molecule has 5 aliphatic heterocycles. The molecular weight excluding hydrogens is 1100 g/mol. The number of carbonyl (C=O) groups excluding carboxylic acids is 2. The highest BCUT2D eigenvalue weighted by atomic mass is 35.5. The van der Waals surface area contributed by atoms with Crippen molar-refractivity contribution in [2.24, 2.45) is 5.41 Å². The number of hydrogen-bond donors (Lipinski definition) is 6. The van der Waals surface area contributed by atoms with Crippen LogP contribution in [-0.4, -0.2) is 120 Å². The Balaban J connectivity index is 0.720. The van der Waals surface area contributed by atoms with Gasteiger partial charge in [0, 0.05) is 107 Å². The van der Waals surface area contributed by atoms with Crippen molar-refractivity contribution in [3.05, 3.63) is 135 Å². The van der Waals surface area contributed by atoms with Gasteiger partial charge in [0.1, 0.15) is 41.0 Å². The predicted molar refractivity (Wildman–Crippen MR) is 321 cm³/mol. The molecule has 6 N–H and O–H groups in total. The lowest BCUT2D eigenvalue weighted by atomic mass is 9.63. The number of halogens is 4. The summed E-state index contributed by atoms with van der Waals surface area (Å²) in [5.74, 6) is 0.841. The lowest BCUT2D eigenvalue weighted by Gasteiger charge is -2.39. The van der Waals surface area contributed by atoms with Crippen LogP contribution in [0.1, 0.15) is 92.3 Å². The number of piperazine rings is 1. The highest BCUT2D eigenvalue weighted by molar-refractivity contribution is 6.31. The third kappa shape index (κ3) is 10.7. The van der Waals surface area contributed by atoms with Crippen LogP contribution in [-0.2, 0) is 10.2 Å². The van der Waals surface area contributed by atoms with E-state index in [-0.39, 0.29) is 75.8 Å². The SMILES string of the molecule is C#Cc1cccc2cc(O)cc(-c3ncc4c(N5C[C@H]6CC[C@@H](C5)N6)nc(OC[C@@H]5CCCN5CCCNC(=O)c5ccc(NC(=O)[C@@H]6N[C@@H](CC(C)(C)C)[C@@]7(CNc8cc(Cl)ccc87)[C@H]6c6cccc(Cl)c6F)c(OC)c5)nc4c3F)c12. The second kappa shape index (κ2) is 22.7. The van der Waals surface area contributed by atoms with Gasteiger partial charge in [0.15, 0.2) is 5.82 Å². The van der Waals surface area contributed by atoms with Crippen molar-refractivity contribution >= 4 is 73.9 Å². The maximum absolute atomic E-state index is 17.2. The molecule has 5 aliphatic rings. The van der Waals surface area contributed by atoms with E-state index in [0.29, 0.717) is 101 Å². The Hall–Kier alpha value is -7.33. The van der Waals surface area contributed by atoms with Gasteiger partial charge in [0.05, 0.1) is 29.2 Å². The van der Waals surface area contributed by atoms with Crippen molar-refractivity contribution in [2.45, 2.75) is 101 Å². The average molecular weight is 1160 g/mol. The summed E-state index contributed by atoms with van der Waals surface area (Å²) >= 11 is 13.0. The summed E-state index contributed by atoms with van der Waals surface area (Å²) < 4.78 is 45.8. The summed E-state index contributed by atoms with van der Waals surface area (Å²) in [5, 5.41) is 30.0. The van der Waals surface area contributed by atoms with Gasteiger partial charge >= 0.3 is 6.01 Å². The minimum Gasteiger partial charge on any atom is -0.508 e. The number of phenolic OH excluding ortho intramolecular Hbond substituents is 1. The van der Waals surface area contributed by atoms with Crippen LogP contribution < -0.4 is 41.0 Å². The number of nitrogens with one attached hydrogen (secondary N) is 5. The number of aromatic hydroxyl groups is 1. The number of phenols is 1. The van der Waals surface area contributed by atoms with E-state index in [9.17, 15) is 14.7 Å². The number of amides is 2. The molecule has 1 spiro atoms. The molecule has 12 rings (SSSR count). The molecule has 83 heavy (non-hydrogen) atoms. The predicted octanol–water partition coefficient (Wildman–Crippen LogP) is 10.6. The number of likely N-dealkylation sites (tertiary alicyclic amines) is 1. The molecule has 2 bridgehead atoms. The van der Waals surface area contributed by atoms with Gasteiger partial charge in [-0.25, -0.2) is 8.78 Å². The molecule has 2 aromatic heterocycles. The van der Waals surface area contributed by atoms with Crippen molar-refractivity contribution in [2.75, 3.05) is 68.5 Å². The van der Waals surface area contributed by atoms with E-state index >= 15 is 8.78 Å². The number of nitrogens with zero attached hydrogens (tertiary/aromatic N) is 5. The van der Waals surface area contributed by atoms with Gasteiger partial charge in [0.2, 0.25) is 5.91 Å². The normalized spacial score (nSPS) is 22.9. The van der Waals surface area contributed by atoms with Gasteiger partial charge in [-0.1, -0.05) is 80.2 Å². The van der Waals surface area contributed by atoms with Crippen molar-refractivity contribution in [1.29, 1.82) is 0 Å². The van der Waals surface area contributed by atoms with Crippen LogP contribution in [0, 0.1) is 29.4 Å². The third-order valence-electron chi connectivity index (χ3n) is 17.4. The Morgan fingerprint density at radius 2 is 1.77 bits per heavy atom. The zero-order valence-electron chi connectivity index (χ0n) is 46.7. The van der Waals surface area contributed by atoms with Crippen LogP contribution in [0.2, 0.25) is 10.0 Å². The highest BCUT2D eigenvalue weighted by Crippen LogP contribution is 2.57. The minimum atomic E-state index is -0.912. The zero-order valence-corrected chi connectivity index (χ0v) is 48.2. The fourth-order valence-corrected chi connectivity index (χ4v) is 14.1. The maximum atomic E-state index is 17.2. The van der Waals surface area contributed by atoms with Gasteiger partial charge in [-0.3, -0.25) is 19.5 Å². The molecule has 0 aliphatic carbocycles. The van der Waals surface area contributed by atoms with Gasteiger partial charge in [0.25, 0.3) is 5.91 Å². The standard InChI is InChI=1S/C64H66Cl2F2N10O5/c1-6-35-11-7-12-36-25-42(79)28-44(52(35)36)56-55(68)57-45(30-70-56)59(78-31-39-18-19-40(32-78)72-39)76-62(75-57)83-33-41-13-9-23-77(41)24-10-22-69-60(80)37-16-21-48(50(26-37)82-5)73-61(81)58-53(43-14-8-15-47(66)54(43)67)64(51(74-58)29-63(2,3)4)34-71-49-27-38(65)17-20-46(49)64/h1,7-8,11-12,14-17,20-21,25-28,30,39-41,51,53,58,71-72,74,79H,9-10,13,18-19,22-24,29,31-34H2,2-5H3,(H,69,80)(H,73,81)/t39-,40+,41-,51-,53-,58+,64-/m0/s1. The van der Waals surface area contributed by atoms with E-state index in [4.69, 9.17) is 49.1 Å². The van der Waals surface area contributed by atoms with E-state index in [1.165, 1.54) is 19.2 Å². The number of aromatic nitrogens is 3. The van der Waals surface area contributed by atoms with E-state index in [0.717, 1.165) is 43.5 Å². The fraction of sp³-hybridized carbons (Fsp3) is 0.391. The first-order valence-corrected chi connectivity index (χ1v) is 29.2. The molecular formula is C64H66Cl2F2N10O5. The average Bonchev–Trinajstić information content (AvgIpc) is 1.88. The van der Waals surface area contributed by atoms with E-state index in [1.54, 1.807) is 54.7 Å². The molecule has 5 aromatic carbocycles. The topological polar surface area (TPSA) is 178 Å². The van der Waals surface area contributed by atoms with Gasteiger partial charge in [-0.2, -0.15) is 9.97 Å². The van der Waals surface area contributed by atoms with Gasteiger partial charge in [-0.15, -0.1) is 6.42 Å². The Bertz CT molecular complexity index is 3730. The van der Waals surface area contributed by atoms with Crippen molar-refractivity contribution in [3.8, 4) is 41.1 Å². The fourth-order valence-electron chi connectivity index (χ4n) is 13.8. The van der Waals surface area contributed by atoms with Crippen molar-refractivity contribution in [1.82, 2.24) is 35.8 Å². The number of fused-ring (bicyclic) bond motifs is 6. The molecule has 430 valence electrons. The van der Waals surface area contributed by atoms with Crippen LogP contribution in [0.4, 0.5) is 26.0 Å². The molecule has 0 unspecified atom stereocenters. The number of rotatable bonds is 15. The highest BCUT2D eigenvalue weighted by Gasteiger charge is 2.61. The number of terminal acetylenes is 1.